The van der Waals surface area contributed by atoms with Crippen molar-refractivity contribution in [3.8, 4) is 16.3 Å². The third kappa shape index (κ3) is 5.39. The van der Waals surface area contributed by atoms with E-state index in [0.717, 1.165) is 21.8 Å². The number of benzene rings is 1. The molecule has 0 radical (unpaired) electrons. The summed E-state index contributed by atoms with van der Waals surface area (Å²) in [7, 11) is 1.37. The van der Waals surface area contributed by atoms with Gasteiger partial charge in [0.15, 0.2) is 6.61 Å². The van der Waals surface area contributed by atoms with E-state index >= 15 is 0 Å². The van der Waals surface area contributed by atoms with E-state index in [9.17, 15) is 14.4 Å². The van der Waals surface area contributed by atoms with E-state index in [4.69, 9.17) is 4.74 Å². The Morgan fingerprint density at radius 2 is 1.97 bits per heavy atom. The molecule has 2 aromatic heterocycles. The summed E-state index contributed by atoms with van der Waals surface area (Å²) in [5.41, 5.74) is 2.34. The molecular weight excluding hydrogens is 392 g/mol. The number of hydrogen-bond acceptors (Lipinski definition) is 6. The highest BCUT2D eigenvalue weighted by molar-refractivity contribution is 7.13. The van der Waals surface area contributed by atoms with Crippen molar-refractivity contribution in [2.75, 3.05) is 13.7 Å². The molecule has 0 aliphatic heterocycles. The Balaban J connectivity index is 1.74. The predicted octanol–water partition coefficient (Wildman–Crippen LogP) is 2.61. The molecule has 9 heteroatoms. The van der Waals surface area contributed by atoms with Gasteiger partial charge in [0.2, 0.25) is 0 Å². The van der Waals surface area contributed by atoms with Crippen LogP contribution in [0.5, 0.6) is 0 Å². The van der Waals surface area contributed by atoms with Gasteiger partial charge in [-0.15, -0.1) is 11.3 Å². The first-order valence-electron chi connectivity index (χ1n) is 8.62. The van der Waals surface area contributed by atoms with Gasteiger partial charge in [-0.2, -0.15) is 5.10 Å². The van der Waals surface area contributed by atoms with E-state index in [0.29, 0.717) is 0 Å². The molecule has 0 saturated heterocycles. The highest BCUT2D eigenvalue weighted by atomic mass is 32.1. The Labute approximate surface area is 170 Å². The highest BCUT2D eigenvalue weighted by Gasteiger charge is 2.12. The van der Waals surface area contributed by atoms with Crippen LogP contribution in [0, 0.1) is 0 Å². The molecule has 0 atom stereocenters. The number of thiophene rings is 1. The van der Waals surface area contributed by atoms with Gasteiger partial charge in [-0.1, -0.05) is 24.3 Å². The molecule has 0 aliphatic carbocycles. The summed E-state index contributed by atoms with van der Waals surface area (Å²) in [6.45, 7) is -0.558. The number of ether oxygens (including phenoxy) is 1. The van der Waals surface area contributed by atoms with Gasteiger partial charge in [-0.3, -0.25) is 10.1 Å². The fourth-order valence-corrected chi connectivity index (χ4v) is 3.13. The molecule has 0 aliphatic rings. The number of esters is 1. The van der Waals surface area contributed by atoms with Crippen molar-refractivity contribution in [2.24, 2.45) is 0 Å². The topological polar surface area (TPSA) is 102 Å². The number of carbonyl (C=O) groups is 3. The summed E-state index contributed by atoms with van der Waals surface area (Å²) in [4.78, 5) is 35.4. The molecule has 0 fully saturated rings. The zero-order valence-electron chi connectivity index (χ0n) is 15.5. The average Bonchev–Trinajstić information content (AvgIpc) is 3.41. The highest BCUT2D eigenvalue weighted by Crippen LogP contribution is 2.28. The zero-order valence-corrected chi connectivity index (χ0v) is 16.3. The van der Waals surface area contributed by atoms with Crippen LogP contribution in [0.15, 0.2) is 60.1 Å². The summed E-state index contributed by atoms with van der Waals surface area (Å²) in [5.74, 6) is -1.43. The van der Waals surface area contributed by atoms with Gasteiger partial charge >= 0.3 is 12.0 Å². The average molecular weight is 410 g/mol. The van der Waals surface area contributed by atoms with E-state index < -0.39 is 24.5 Å². The van der Waals surface area contributed by atoms with Crippen LogP contribution >= 0.6 is 11.3 Å². The van der Waals surface area contributed by atoms with Gasteiger partial charge in [0.25, 0.3) is 5.91 Å². The van der Waals surface area contributed by atoms with Crippen molar-refractivity contribution in [2.45, 2.75) is 0 Å². The number of carbonyl (C=O) groups excluding carboxylic acids is 3. The molecule has 29 heavy (non-hydrogen) atoms. The number of hydrogen-bond donors (Lipinski definition) is 2. The van der Waals surface area contributed by atoms with Crippen molar-refractivity contribution < 1.29 is 19.1 Å². The molecule has 0 bridgehead atoms. The lowest BCUT2D eigenvalue weighted by atomic mass is 10.2. The molecule has 3 aromatic rings. The Morgan fingerprint density at radius 1 is 1.17 bits per heavy atom. The second-order valence-corrected chi connectivity index (χ2v) is 6.71. The number of imide groups is 1. The number of para-hydroxylation sites is 1. The SMILES string of the molecule is CNC(=O)NC(=O)COC(=O)/C=C/c1cn(-c2ccccc2)nc1-c1cccs1. The molecule has 148 valence electrons. The zero-order chi connectivity index (χ0) is 20.6. The van der Waals surface area contributed by atoms with Crippen molar-refractivity contribution in [1.82, 2.24) is 20.4 Å². The van der Waals surface area contributed by atoms with Crippen LogP contribution in [0.25, 0.3) is 22.3 Å². The largest absolute Gasteiger partial charge is 0.452 e. The van der Waals surface area contributed by atoms with Gasteiger partial charge in [0.05, 0.1) is 10.6 Å². The third-order valence-electron chi connectivity index (χ3n) is 3.74. The van der Waals surface area contributed by atoms with Crippen LogP contribution in [0.4, 0.5) is 4.79 Å². The number of aromatic nitrogens is 2. The lowest BCUT2D eigenvalue weighted by Gasteiger charge is -2.03. The van der Waals surface area contributed by atoms with Crippen molar-refractivity contribution >= 4 is 35.3 Å². The first kappa shape index (κ1) is 20.0. The van der Waals surface area contributed by atoms with Crippen LogP contribution in [0.2, 0.25) is 0 Å². The summed E-state index contributed by atoms with van der Waals surface area (Å²) in [6.07, 6.45) is 4.61. The maximum absolute atomic E-state index is 11.9. The first-order valence-corrected chi connectivity index (χ1v) is 9.50. The molecule has 8 nitrogen and oxygen atoms in total. The Hall–Kier alpha value is -3.72. The van der Waals surface area contributed by atoms with E-state index in [-0.39, 0.29) is 0 Å². The van der Waals surface area contributed by atoms with Gasteiger partial charge < -0.3 is 10.1 Å². The molecule has 0 unspecified atom stereocenters. The molecule has 1 aromatic carbocycles. The number of nitrogens with one attached hydrogen (secondary N) is 2. The Bertz CT molecular complexity index is 1030. The van der Waals surface area contributed by atoms with Crippen LogP contribution < -0.4 is 10.6 Å². The standard InChI is InChI=1S/C20H18N4O4S/c1-21-20(27)22-17(25)13-28-18(26)10-9-14-12-24(15-6-3-2-4-7-15)23-19(14)16-8-5-11-29-16/h2-12H,13H2,1H3,(H2,21,22,25,27)/b10-9+. The monoisotopic (exact) mass is 410 g/mol. The second kappa shape index (κ2) is 9.47. The summed E-state index contributed by atoms with van der Waals surface area (Å²) < 4.78 is 6.58. The van der Waals surface area contributed by atoms with Gasteiger partial charge in [0, 0.05) is 24.9 Å². The fraction of sp³-hybridized carbons (Fsp3) is 0.100. The third-order valence-corrected chi connectivity index (χ3v) is 4.62. The Morgan fingerprint density at radius 3 is 2.66 bits per heavy atom. The summed E-state index contributed by atoms with van der Waals surface area (Å²) in [5, 5.41) is 10.8. The molecule has 0 saturated carbocycles. The lowest BCUT2D eigenvalue weighted by Crippen LogP contribution is -2.39. The summed E-state index contributed by atoms with van der Waals surface area (Å²) in [6, 6.07) is 12.8. The predicted molar refractivity (Wildman–Crippen MR) is 109 cm³/mol. The molecule has 0 spiro atoms. The maximum atomic E-state index is 11.9. The van der Waals surface area contributed by atoms with Crippen LogP contribution in [0.1, 0.15) is 5.56 Å². The maximum Gasteiger partial charge on any atom is 0.331 e. The van der Waals surface area contributed by atoms with Crippen molar-refractivity contribution in [1.29, 1.82) is 0 Å². The number of nitrogens with zero attached hydrogens (tertiary/aromatic N) is 2. The molecule has 2 heterocycles. The normalized spacial score (nSPS) is 10.7. The van der Waals surface area contributed by atoms with E-state index in [1.54, 1.807) is 10.8 Å². The minimum Gasteiger partial charge on any atom is -0.452 e. The van der Waals surface area contributed by atoms with Gasteiger partial charge in [-0.05, 0) is 29.7 Å². The van der Waals surface area contributed by atoms with Gasteiger partial charge in [0.1, 0.15) is 5.69 Å². The number of rotatable bonds is 6. The van der Waals surface area contributed by atoms with Crippen LogP contribution in [-0.2, 0) is 14.3 Å². The molecular formula is C20H18N4O4S. The number of urea groups is 1. The van der Waals surface area contributed by atoms with Crippen molar-refractivity contribution in [3.63, 3.8) is 0 Å². The summed E-state index contributed by atoms with van der Waals surface area (Å²) >= 11 is 1.54. The first-order chi connectivity index (χ1) is 14.1. The van der Waals surface area contributed by atoms with E-state index in [1.165, 1.54) is 24.5 Å². The lowest BCUT2D eigenvalue weighted by molar-refractivity contribution is -0.143. The van der Waals surface area contributed by atoms with E-state index in [1.807, 2.05) is 59.4 Å². The quantitative estimate of drug-likeness (QED) is 0.480. The van der Waals surface area contributed by atoms with Crippen LogP contribution in [-0.4, -0.2) is 41.3 Å². The minimum absolute atomic E-state index is 0.558. The number of amides is 3. The molecule has 2 N–H and O–H groups in total. The van der Waals surface area contributed by atoms with Crippen molar-refractivity contribution in [3.05, 3.63) is 65.7 Å². The van der Waals surface area contributed by atoms with Crippen LogP contribution in [0.3, 0.4) is 0 Å². The molecule has 3 amide bonds. The van der Waals surface area contributed by atoms with E-state index in [2.05, 4.69) is 10.4 Å². The Kier molecular flexibility index (Phi) is 6.54. The fourth-order valence-electron chi connectivity index (χ4n) is 2.39. The second-order valence-electron chi connectivity index (χ2n) is 5.76. The molecule has 3 rings (SSSR count). The van der Waals surface area contributed by atoms with Gasteiger partial charge in [-0.25, -0.2) is 14.3 Å². The smallest absolute Gasteiger partial charge is 0.331 e. The minimum atomic E-state index is -0.720.